The van der Waals surface area contributed by atoms with Crippen LogP contribution in [0.3, 0.4) is 0 Å². The monoisotopic (exact) mass is 345 g/mol. The van der Waals surface area contributed by atoms with Gasteiger partial charge in [-0.15, -0.1) is 0 Å². The highest BCUT2D eigenvalue weighted by Crippen LogP contribution is 2.27. The lowest BCUT2D eigenvalue weighted by atomic mass is 10.0. The van der Waals surface area contributed by atoms with Gasteiger partial charge in [0.1, 0.15) is 11.6 Å². The van der Waals surface area contributed by atoms with Crippen molar-refractivity contribution >= 4 is 17.6 Å². The van der Waals surface area contributed by atoms with Crippen molar-refractivity contribution in [2.45, 2.75) is 26.7 Å². The number of hydrogen-bond acceptors (Lipinski definition) is 3. The summed E-state index contributed by atoms with van der Waals surface area (Å²) in [5, 5.41) is 11.2. The minimum atomic E-state index is -1.24. The van der Waals surface area contributed by atoms with Crippen LogP contribution in [0.1, 0.15) is 41.3 Å². The van der Waals surface area contributed by atoms with Crippen LogP contribution < -0.4 is 10.1 Å². The first-order valence-electron chi connectivity index (χ1n) is 7.84. The van der Waals surface area contributed by atoms with Crippen molar-refractivity contribution in [3.8, 4) is 5.75 Å². The van der Waals surface area contributed by atoms with E-state index in [9.17, 15) is 14.0 Å². The normalized spacial score (nSPS) is 10.6. The number of rotatable bonds is 6. The maximum Gasteiger partial charge on any atom is 0.335 e. The quantitative estimate of drug-likeness (QED) is 0.830. The van der Waals surface area contributed by atoms with Gasteiger partial charge in [-0.25, -0.2) is 9.18 Å². The zero-order valence-corrected chi connectivity index (χ0v) is 14.3. The van der Waals surface area contributed by atoms with Crippen molar-refractivity contribution in [1.82, 2.24) is 0 Å². The van der Waals surface area contributed by atoms with Gasteiger partial charge in [0.25, 0.3) is 5.91 Å². The SMILES string of the molecule is Cc1ccc(C(C)C)c(OCC(=O)Nc2ccc(C(=O)O)cc2F)c1. The molecule has 0 saturated heterocycles. The van der Waals surface area contributed by atoms with E-state index < -0.39 is 17.7 Å². The highest BCUT2D eigenvalue weighted by Gasteiger charge is 2.13. The van der Waals surface area contributed by atoms with Gasteiger partial charge >= 0.3 is 5.97 Å². The third-order valence-corrected chi connectivity index (χ3v) is 3.64. The fourth-order valence-corrected chi connectivity index (χ4v) is 2.32. The molecule has 0 aliphatic rings. The van der Waals surface area contributed by atoms with E-state index in [1.165, 1.54) is 12.1 Å². The number of carbonyl (C=O) groups excluding carboxylic acids is 1. The fraction of sp³-hybridized carbons (Fsp3) is 0.263. The Hall–Kier alpha value is -2.89. The maximum absolute atomic E-state index is 13.8. The number of anilines is 1. The highest BCUT2D eigenvalue weighted by molar-refractivity contribution is 5.93. The van der Waals surface area contributed by atoms with Gasteiger partial charge in [-0.3, -0.25) is 4.79 Å². The molecular weight excluding hydrogens is 325 g/mol. The first kappa shape index (κ1) is 18.4. The van der Waals surface area contributed by atoms with Gasteiger partial charge in [-0.05, 0) is 48.2 Å². The molecule has 6 heteroatoms. The molecule has 0 saturated carbocycles. The second-order valence-corrected chi connectivity index (χ2v) is 6.03. The summed E-state index contributed by atoms with van der Waals surface area (Å²) < 4.78 is 19.4. The van der Waals surface area contributed by atoms with Gasteiger partial charge in [0.15, 0.2) is 6.61 Å². The van der Waals surface area contributed by atoms with Crippen molar-refractivity contribution in [3.63, 3.8) is 0 Å². The summed E-state index contributed by atoms with van der Waals surface area (Å²) in [7, 11) is 0. The predicted octanol–water partition coefficient (Wildman–Crippen LogP) is 3.97. The molecular formula is C19H20FNO4. The number of carboxylic acids is 1. The average Bonchev–Trinajstić information content (AvgIpc) is 2.54. The third kappa shape index (κ3) is 4.79. The highest BCUT2D eigenvalue weighted by atomic mass is 19.1. The van der Waals surface area contributed by atoms with E-state index >= 15 is 0 Å². The predicted molar refractivity (Wildman–Crippen MR) is 92.8 cm³/mol. The molecule has 0 aliphatic carbocycles. The topological polar surface area (TPSA) is 75.6 Å². The lowest BCUT2D eigenvalue weighted by Crippen LogP contribution is -2.21. The molecule has 0 aromatic heterocycles. The smallest absolute Gasteiger partial charge is 0.335 e. The maximum atomic E-state index is 13.8. The summed E-state index contributed by atoms with van der Waals surface area (Å²) in [4.78, 5) is 22.8. The number of carboxylic acid groups (broad SMARTS) is 1. The van der Waals surface area contributed by atoms with Crippen LogP contribution in [0.15, 0.2) is 36.4 Å². The van der Waals surface area contributed by atoms with E-state index in [0.717, 1.165) is 17.2 Å². The molecule has 0 radical (unpaired) electrons. The first-order chi connectivity index (χ1) is 11.8. The Balaban J connectivity index is 2.04. The molecule has 0 unspecified atom stereocenters. The lowest BCUT2D eigenvalue weighted by molar-refractivity contribution is -0.118. The van der Waals surface area contributed by atoms with Crippen LogP contribution in [0.5, 0.6) is 5.75 Å². The Morgan fingerprint density at radius 1 is 1.20 bits per heavy atom. The summed E-state index contributed by atoms with van der Waals surface area (Å²) in [5.74, 6) is -1.72. The number of ether oxygens (including phenoxy) is 1. The van der Waals surface area contributed by atoms with Gasteiger partial charge in [0, 0.05) is 0 Å². The molecule has 2 aromatic rings. The summed E-state index contributed by atoms with van der Waals surface area (Å²) in [6.45, 7) is 5.70. The van der Waals surface area contributed by atoms with Crippen molar-refractivity contribution in [2.24, 2.45) is 0 Å². The molecule has 5 nitrogen and oxygen atoms in total. The number of aryl methyl sites for hydroxylation is 1. The van der Waals surface area contributed by atoms with E-state index in [1.807, 2.05) is 39.0 Å². The molecule has 0 atom stereocenters. The molecule has 0 fully saturated rings. The van der Waals surface area contributed by atoms with Crippen LogP contribution in [-0.4, -0.2) is 23.6 Å². The molecule has 0 aliphatic heterocycles. The number of nitrogens with one attached hydrogen (secondary N) is 1. The van der Waals surface area contributed by atoms with Gasteiger partial charge in [0.05, 0.1) is 11.3 Å². The summed E-state index contributed by atoms with van der Waals surface area (Å²) in [6.07, 6.45) is 0. The number of halogens is 1. The Bertz CT molecular complexity index is 802. The second-order valence-electron chi connectivity index (χ2n) is 6.03. The van der Waals surface area contributed by atoms with Crippen molar-refractivity contribution in [3.05, 3.63) is 58.9 Å². The van der Waals surface area contributed by atoms with E-state index in [4.69, 9.17) is 9.84 Å². The molecule has 132 valence electrons. The zero-order valence-electron chi connectivity index (χ0n) is 14.3. The van der Waals surface area contributed by atoms with E-state index in [1.54, 1.807) is 0 Å². The lowest BCUT2D eigenvalue weighted by Gasteiger charge is -2.15. The summed E-state index contributed by atoms with van der Waals surface area (Å²) >= 11 is 0. The fourth-order valence-electron chi connectivity index (χ4n) is 2.32. The van der Waals surface area contributed by atoms with E-state index in [-0.39, 0.29) is 23.8 Å². The number of aromatic carboxylic acids is 1. The Kier molecular flexibility index (Phi) is 5.75. The van der Waals surface area contributed by atoms with E-state index in [2.05, 4.69) is 5.32 Å². The van der Waals surface area contributed by atoms with E-state index in [0.29, 0.717) is 5.75 Å². The van der Waals surface area contributed by atoms with Gasteiger partial charge in [-0.2, -0.15) is 0 Å². The van der Waals surface area contributed by atoms with Crippen LogP contribution in [-0.2, 0) is 4.79 Å². The summed E-state index contributed by atoms with van der Waals surface area (Å²) in [6, 6.07) is 9.07. The van der Waals surface area contributed by atoms with Gasteiger partial charge in [-0.1, -0.05) is 26.0 Å². The molecule has 2 aromatic carbocycles. The summed E-state index contributed by atoms with van der Waals surface area (Å²) in [5.41, 5.74) is 1.71. The molecule has 2 rings (SSSR count). The van der Waals surface area contributed by atoms with Crippen molar-refractivity contribution in [2.75, 3.05) is 11.9 Å². The number of carbonyl (C=O) groups is 2. The molecule has 0 spiro atoms. The molecule has 2 N–H and O–H groups in total. The van der Waals surface area contributed by atoms with Crippen LogP contribution in [0.2, 0.25) is 0 Å². The first-order valence-corrected chi connectivity index (χ1v) is 7.84. The third-order valence-electron chi connectivity index (χ3n) is 3.64. The Labute approximate surface area is 145 Å². The van der Waals surface area contributed by atoms with Crippen molar-refractivity contribution in [1.29, 1.82) is 0 Å². The zero-order chi connectivity index (χ0) is 18.6. The number of amides is 1. The molecule has 1 amide bonds. The molecule has 25 heavy (non-hydrogen) atoms. The van der Waals surface area contributed by atoms with Crippen LogP contribution in [0.4, 0.5) is 10.1 Å². The standard InChI is InChI=1S/C19H20FNO4/c1-11(2)14-6-4-12(3)8-17(14)25-10-18(22)21-16-7-5-13(19(23)24)9-15(16)20/h4-9,11H,10H2,1-3H3,(H,21,22)(H,23,24). The number of hydrogen-bond donors (Lipinski definition) is 2. The minimum absolute atomic E-state index is 0.0908. The van der Waals surface area contributed by atoms with Crippen molar-refractivity contribution < 1.29 is 23.8 Å². The molecule has 0 heterocycles. The largest absolute Gasteiger partial charge is 0.483 e. The minimum Gasteiger partial charge on any atom is -0.483 e. The Morgan fingerprint density at radius 3 is 2.52 bits per heavy atom. The molecule has 0 bridgehead atoms. The van der Waals surface area contributed by atoms with Gasteiger partial charge < -0.3 is 15.2 Å². The second kappa shape index (κ2) is 7.79. The van der Waals surface area contributed by atoms with Crippen LogP contribution in [0.25, 0.3) is 0 Å². The number of benzene rings is 2. The average molecular weight is 345 g/mol. The van der Waals surface area contributed by atoms with Crippen LogP contribution in [0, 0.1) is 12.7 Å². The van der Waals surface area contributed by atoms with Crippen LogP contribution >= 0.6 is 0 Å². The van der Waals surface area contributed by atoms with Gasteiger partial charge in [0.2, 0.25) is 0 Å². The Morgan fingerprint density at radius 2 is 1.92 bits per heavy atom.